The quantitative estimate of drug-likeness (QED) is 0.825. The maximum Gasteiger partial charge on any atom is 0.150 e. The molecule has 0 radical (unpaired) electrons. The normalized spacial score (nSPS) is 41.5. The fraction of sp³-hybridized carbons (Fsp3) is 1.00. The lowest BCUT2D eigenvalue weighted by Gasteiger charge is -2.26. The van der Waals surface area contributed by atoms with Gasteiger partial charge in [0.2, 0.25) is 0 Å². The number of rotatable bonds is 2. The third-order valence-corrected chi connectivity index (χ3v) is 7.57. The summed E-state index contributed by atoms with van der Waals surface area (Å²) in [5.41, 5.74) is 0. The van der Waals surface area contributed by atoms with Gasteiger partial charge in [-0.15, -0.1) is 0 Å². The van der Waals surface area contributed by atoms with Gasteiger partial charge in [0.1, 0.15) is 9.84 Å². The summed E-state index contributed by atoms with van der Waals surface area (Å²) >= 11 is 2.11. The molecule has 2 unspecified atom stereocenters. The molecule has 98 valence electrons. The van der Waals surface area contributed by atoms with Crippen molar-refractivity contribution in [3.05, 3.63) is 0 Å². The van der Waals surface area contributed by atoms with Crippen LogP contribution in [0.2, 0.25) is 0 Å². The number of fused-ring (bicyclic) bond motifs is 1. The average molecular weight is 275 g/mol. The van der Waals surface area contributed by atoms with Crippen LogP contribution in [0.3, 0.4) is 0 Å². The molecule has 1 N–H and O–H groups in total. The van der Waals surface area contributed by atoms with Crippen molar-refractivity contribution in [3.8, 4) is 0 Å². The van der Waals surface area contributed by atoms with Gasteiger partial charge in [-0.05, 0) is 49.0 Å². The van der Waals surface area contributed by atoms with Crippen molar-refractivity contribution in [2.24, 2.45) is 11.8 Å². The number of hydrogen-bond donors (Lipinski definition) is 1. The van der Waals surface area contributed by atoms with E-state index in [1.54, 1.807) is 0 Å². The van der Waals surface area contributed by atoms with Crippen molar-refractivity contribution in [3.63, 3.8) is 0 Å². The molecule has 0 aromatic carbocycles. The molecule has 2 saturated heterocycles. The van der Waals surface area contributed by atoms with Gasteiger partial charge in [0.25, 0.3) is 0 Å². The molecule has 5 heteroatoms. The minimum Gasteiger partial charge on any atom is -0.311 e. The van der Waals surface area contributed by atoms with E-state index in [1.807, 2.05) is 0 Å². The number of nitrogens with one attached hydrogen (secondary N) is 1. The highest BCUT2D eigenvalue weighted by Gasteiger charge is 2.38. The lowest BCUT2D eigenvalue weighted by Crippen LogP contribution is -2.42. The topological polar surface area (TPSA) is 46.2 Å². The molecule has 2 aliphatic heterocycles. The summed E-state index contributed by atoms with van der Waals surface area (Å²) < 4.78 is 22.7. The van der Waals surface area contributed by atoms with Crippen LogP contribution in [0, 0.1) is 11.8 Å². The summed E-state index contributed by atoms with van der Waals surface area (Å²) in [6, 6.07) is 1.12. The molecule has 2 atom stereocenters. The molecule has 1 saturated carbocycles. The van der Waals surface area contributed by atoms with E-state index in [0.717, 1.165) is 24.7 Å². The average Bonchev–Trinajstić information content (AvgIpc) is 2.81. The first-order valence-corrected chi connectivity index (χ1v) is 9.64. The molecular weight excluding hydrogens is 254 g/mol. The molecule has 0 bridgehead atoms. The van der Waals surface area contributed by atoms with Crippen molar-refractivity contribution in [2.75, 3.05) is 23.0 Å². The van der Waals surface area contributed by atoms with Crippen molar-refractivity contribution >= 4 is 21.6 Å². The van der Waals surface area contributed by atoms with E-state index >= 15 is 0 Å². The molecule has 3 fully saturated rings. The minimum atomic E-state index is -2.71. The summed E-state index contributed by atoms with van der Waals surface area (Å²) in [4.78, 5) is 0. The monoisotopic (exact) mass is 275 g/mol. The fourth-order valence-electron chi connectivity index (χ4n) is 3.52. The molecule has 1 aliphatic carbocycles. The molecule has 0 amide bonds. The number of sulfone groups is 1. The number of thioether (sulfide) groups is 1. The Bertz CT molecular complexity index is 356. The SMILES string of the molecule is O=S1(=O)CCC(NC2CC3CSCC3C2)CC1. The summed E-state index contributed by atoms with van der Waals surface area (Å²) in [6.45, 7) is 0. The van der Waals surface area contributed by atoms with Crippen LogP contribution in [0.1, 0.15) is 25.7 Å². The highest BCUT2D eigenvalue weighted by Crippen LogP contribution is 2.42. The maximum atomic E-state index is 11.4. The highest BCUT2D eigenvalue weighted by atomic mass is 32.2. The Balaban J connectivity index is 1.49. The first-order valence-electron chi connectivity index (χ1n) is 6.66. The Morgan fingerprint density at radius 2 is 1.53 bits per heavy atom. The molecule has 0 aromatic rings. The number of hydrogen-bond acceptors (Lipinski definition) is 4. The van der Waals surface area contributed by atoms with E-state index in [1.165, 1.54) is 24.3 Å². The predicted octanol–water partition coefficient (Wildman–Crippen LogP) is 1.29. The lowest BCUT2D eigenvalue weighted by molar-refractivity contribution is 0.394. The Labute approximate surface area is 108 Å². The van der Waals surface area contributed by atoms with E-state index in [-0.39, 0.29) is 0 Å². The fourth-order valence-corrected chi connectivity index (χ4v) is 6.57. The second-order valence-electron chi connectivity index (χ2n) is 5.82. The van der Waals surface area contributed by atoms with Crippen LogP contribution in [0.15, 0.2) is 0 Å². The van der Waals surface area contributed by atoms with Crippen molar-refractivity contribution < 1.29 is 8.42 Å². The summed E-state index contributed by atoms with van der Waals surface area (Å²) in [5.74, 6) is 5.35. The van der Waals surface area contributed by atoms with Gasteiger partial charge in [0.05, 0.1) is 11.5 Å². The van der Waals surface area contributed by atoms with Gasteiger partial charge < -0.3 is 5.32 Å². The van der Waals surface area contributed by atoms with Gasteiger partial charge in [-0.3, -0.25) is 0 Å². The zero-order valence-corrected chi connectivity index (χ0v) is 11.7. The molecule has 0 aromatic heterocycles. The van der Waals surface area contributed by atoms with Gasteiger partial charge in [-0.25, -0.2) is 8.42 Å². The summed E-state index contributed by atoms with van der Waals surface area (Å²) in [5, 5.41) is 3.71. The molecule has 2 heterocycles. The molecule has 0 spiro atoms. The third kappa shape index (κ3) is 2.82. The van der Waals surface area contributed by atoms with Crippen LogP contribution in [-0.4, -0.2) is 43.5 Å². The summed E-state index contributed by atoms with van der Waals surface area (Å²) in [6.07, 6.45) is 4.29. The van der Waals surface area contributed by atoms with Gasteiger partial charge in [-0.2, -0.15) is 11.8 Å². The maximum absolute atomic E-state index is 11.4. The second-order valence-corrected chi connectivity index (χ2v) is 9.20. The van der Waals surface area contributed by atoms with E-state index in [9.17, 15) is 8.42 Å². The first kappa shape index (κ1) is 12.3. The third-order valence-electron chi connectivity index (χ3n) is 4.53. The lowest BCUT2D eigenvalue weighted by atomic mass is 10.0. The first-order chi connectivity index (χ1) is 8.12. The largest absolute Gasteiger partial charge is 0.311 e. The summed E-state index contributed by atoms with van der Waals surface area (Å²) in [7, 11) is -2.71. The van der Waals surface area contributed by atoms with Gasteiger partial charge in [-0.1, -0.05) is 0 Å². The Hall–Kier alpha value is 0.260. The Morgan fingerprint density at radius 3 is 2.12 bits per heavy atom. The smallest absolute Gasteiger partial charge is 0.150 e. The molecular formula is C12H21NO2S2. The van der Waals surface area contributed by atoms with Crippen LogP contribution in [0.25, 0.3) is 0 Å². The van der Waals surface area contributed by atoms with Crippen molar-refractivity contribution in [2.45, 2.75) is 37.8 Å². The van der Waals surface area contributed by atoms with Crippen LogP contribution in [0.5, 0.6) is 0 Å². The standard InChI is InChI=1S/C12H21NO2S2/c14-17(15)3-1-11(2-4-17)13-12-5-9-7-16-8-10(9)6-12/h9-13H,1-8H2. The van der Waals surface area contributed by atoms with E-state index in [4.69, 9.17) is 0 Å². The minimum absolute atomic E-state index is 0.389. The van der Waals surface area contributed by atoms with Gasteiger partial charge in [0.15, 0.2) is 0 Å². The van der Waals surface area contributed by atoms with Crippen LogP contribution < -0.4 is 5.32 Å². The van der Waals surface area contributed by atoms with Gasteiger partial charge in [0, 0.05) is 12.1 Å². The zero-order chi connectivity index (χ0) is 11.9. The van der Waals surface area contributed by atoms with Crippen LogP contribution in [0.4, 0.5) is 0 Å². The predicted molar refractivity (Wildman–Crippen MR) is 72.1 cm³/mol. The van der Waals surface area contributed by atoms with E-state index < -0.39 is 9.84 Å². The van der Waals surface area contributed by atoms with E-state index in [0.29, 0.717) is 23.6 Å². The Morgan fingerprint density at radius 1 is 0.941 bits per heavy atom. The Kier molecular flexibility index (Phi) is 3.43. The zero-order valence-electron chi connectivity index (χ0n) is 10.1. The molecule has 3 aliphatic rings. The second kappa shape index (κ2) is 4.74. The molecule has 17 heavy (non-hydrogen) atoms. The van der Waals surface area contributed by atoms with Crippen molar-refractivity contribution in [1.82, 2.24) is 5.32 Å². The van der Waals surface area contributed by atoms with Gasteiger partial charge >= 0.3 is 0 Å². The highest BCUT2D eigenvalue weighted by molar-refractivity contribution is 7.99. The van der Waals surface area contributed by atoms with Crippen molar-refractivity contribution in [1.29, 1.82) is 0 Å². The molecule has 3 nitrogen and oxygen atoms in total. The molecule has 3 rings (SSSR count). The van der Waals surface area contributed by atoms with E-state index in [2.05, 4.69) is 17.1 Å². The van der Waals surface area contributed by atoms with Crippen LogP contribution >= 0.6 is 11.8 Å². The van der Waals surface area contributed by atoms with Crippen LogP contribution in [-0.2, 0) is 9.84 Å².